The molecule has 0 bridgehead atoms. The number of carbonyl (C=O) groups is 2. The maximum atomic E-state index is 11.7. The highest BCUT2D eigenvalue weighted by molar-refractivity contribution is 5.94. The number of hydrogen-bond acceptors (Lipinski definition) is 3. The third-order valence-electron chi connectivity index (χ3n) is 3.75. The Hall–Kier alpha value is -2.04. The van der Waals surface area contributed by atoms with Crippen LogP contribution in [0.15, 0.2) is 22.6 Å². The second-order valence-electron chi connectivity index (χ2n) is 5.96. The molecule has 21 heavy (non-hydrogen) atoms. The van der Waals surface area contributed by atoms with Gasteiger partial charge in [-0.3, -0.25) is 4.79 Å². The topological polar surface area (TPSA) is 79.5 Å². The van der Waals surface area contributed by atoms with Gasteiger partial charge in [-0.25, -0.2) is 4.79 Å². The van der Waals surface area contributed by atoms with Crippen LogP contribution in [0.2, 0.25) is 0 Å². The van der Waals surface area contributed by atoms with Gasteiger partial charge in [0.25, 0.3) is 0 Å². The molecule has 5 nitrogen and oxygen atoms in total. The molecule has 0 aliphatic heterocycles. The second-order valence-corrected chi connectivity index (χ2v) is 5.96. The first-order valence-corrected chi connectivity index (χ1v) is 7.19. The Kier molecular flexibility index (Phi) is 4.50. The van der Waals surface area contributed by atoms with Gasteiger partial charge in [-0.1, -0.05) is 20.8 Å². The number of rotatable bonds is 6. The van der Waals surface area contributed by atoms with Crippen LogP contribution in [0.4, 0.5) is 0 Å². The highest BCUT2D eigenvalue weighted by Gasteiger charge is 2.36. The fourth-order valence-corrected chi connectivity index (χ4v) is 2.25. The summed E-state index contributed by atoms with van der Waals surface area (Å²) in [7, 11) is 0. The molecule has 3 atom stereocenters. The van der Waals surface area contributed by atoms with Crippen LogP contribution in [-0.4, -0.2) is 23.0 Å². The minimum Gasteiger partial charge on any atom is -0.480 e. The molecule has 0 radical (unpaired) electrons. The molecule has 114 valence electrons. The second kappa shape index (κ2) is 6.16. The van der Waals surface area contributed by atoms with E-state index in [0.717, 1.165) is 12.2 Å². The lowest BCUT2D eigenvalue weighted by atomic mass is 10.0. The van der Waals surface area contributed by atoms with Crippen molar-refractivity contribution in [1.29, 1.82) is 0 Å². The maximum Gasteiger partial charge on any atom is 0.326 e. The standard InChI is InChI=1S/C16H21NO4/c1-9(2)15(16(19)20)17-14(18)7-5-11-4-6-13(21-11)12-8-10(12)3/h4-7,9-10,12,15H,8H2,1-3H3,(H,17,18)(H,19,20)/t10?,12?,15-/m1/s1. The van der Waals surface area contributed by atoms with E-state index in [4.69, 9.17) is 9.52 Å². The van der Waals surface area contributed by atoms with E-state index in [1.165, 1.54) is 6.08 Å². The summed E-state index contributed by atoms with van der Waals surface area (Å²) in [4.78, 5) is 22.7. The monoisotopic (exact) mass is 291 g/mol. The lowest BCUT2D eigenvalue weighted by molar-refractivity contribution is -0.142. The van der Waals surface area contributed by atoms with Gasteiger partial charge in [-0.05, 0) is 36.5 Å². The summed E-state index contributed by atoms with van der Waals surface area (Å²) in [5.41, 5.74) is 0. The highest BCUT2D eigenvalue weighted by Crippen LogP contribution is 2.47. The van der Waals surface area contributed by atoms with Crippen molar-refractivity contribution in [1.82, 2.24) is 5.32 Å². The normalized spacial score (nSPS) is 22.5. The summed E-state index contributed by atoms with van der Waals surface area (Å²) in [6.45, 7) is 5.67. The van der Waals surface area contributed by atoms with Gasteiger partial charge in [0, 0.05) is 12.0 Å². The molecule has 1 amide bonds. The zero-order valence-corrected chi connectivity index (χ0v) is 12.5. The minimum atomic E-state index is -1.03. The van der Waals surface area contributed by atoms with E-state index in [1.54, 1.807) is 19.9 Å². The van der Waals surface area contributed by atoms with E-state index in [-0.39, 0.29) is 5.92 Å². The van der Waals surface area contributed by atoms with Crippen molar-refractivity contribution >= 4 is 18.0 Å². The quantitative estimate of drug-likeness (QED) is 0.790. The first kappa shape index (κ1) is 15.4. The van der Waals surface area contributed by atoms with Crippen LogP contribution in [0, 0.1) is 11.8 Å². The first-order valence-electron chi connectivity index (χ1n) is 7.19. The van der Waals surface area contributed by atoms with E-state index in [1.807, 2.05) is 12.1 Å². The minimum absolute atomic E-state index is 0.175. The molecular formula is C16H21NO4. The number of carbonyl (C=O) groups excluding carboxylic acids is 1. The molecule has 0 aromatic carbocycles. The van der Waals surface area contributed by atoms with Crippen LogP contribution in [-0.2, 0) is 9.59 Å². The van der Waals surface area contributed by atoms with Gasteiger partial charge in [0.1, 0.15) is 17.6 Å². The summed E-state index contributed by atoms with van der Waals surface area (Å²) in [5, 5.41) is 11.5. The van der Waals surface area contributed by atoms with Crippen LogP contribution < -0.4 is 5.32 Å². The molecule has 0 saturated heterocycles. The highest BCUT2D eigenvalue weighted by atomic mass is 16.4. The van der Waals surface area contributed by atoms with Crippen LogP contribution in [0.5, 0.6) is 0 Å². The summed E-state index contributed by atoms with van der Waals surface area (Å²) < 4.78 is 5.65. The molecule has 5 heteroatoms. The summed E-state index contributed by atoms with van der Waals surface area (Å²) >= 11 is 0. The summed E-state index contributed by atoms with van der Waals surface area (Å²) in [5.74, 6) is 1.08. The van der Waals surface area contributed by atoms with Crippen molar-refractivity contribution in [3.05, 3.63) is 29.7 Å². The van der Waals surface area contributed by atoms with Crippen molar-refractivity contribution in [3.8, 4) is 0 Å². The lowest BCUT2D eigenvalue weighted by Gasteiger charge is -2.16. The molecule has 0 spiro atoms. The van der Waals surface area contributed by atoms with Crippen molar-refractivity contribution < 1.29 is 19.1 Å². The Morgan fingerprint density at radius 3 is 2.62 bits per heavy atom. The zero-order chi connectivity index (χ0) is 15.6. The predicted octanol–water partition coefficient (Wildman–Crippen LogP) is 2.64. The first-order chi connectivity index (χ1) is 9.88. The Morgan fingerprint density at radius 1 is 1.43 bits per heavy atom. The zero-order valence-electron chi connectivity index (χ0n) is 12.5. The maximum absolute atomic E-state index is 11.7. The van der Waals surface area contributed by atoms with Crippen LogP contribution >= 0.6 is 0 Å². The number of amides is 1. The predicted molar refractivity (Wildman–Crippen MR) is 78.7 cm³/mol. The van der Waals surface area contributed by atoms with Gasteiger partial charge < -0.3 is 14.8 Å². The van der Waals surface area contributed by atoms with Crippen molar-refractivity contribution in [2.45, 2.75) is 39.2 Å². The average molecular weight is 291 g/mol. The molecular weight excluding hydrogens is 270 g/mol. The molecule has 1 aromatic heterocycles. The summed E-state index contributed by atoms with van der Waals surface area (Å²) in [6.07, 6.45) is 4.01. The van der Waals surface area contributed by atoms with Gasteiger partial charge in [0.05, 0.1) is 0 Å². The largest absolute Gasteiger partial charge is 0.480 e. The fraction of sp³-hybridized carbons (Fsp3) is 0.500. The van der Waals surface area contributed by atoms with E-state index in [9.17, 15) is 9.59 Å². The Balaban J connectivity index is 1.92. The molecule has 2 rings (SSSR count). The van der Waals surface area contributed by atoms with E-state index >= 15 is 0 Å². The van der Waals surface area contributed by atoms with Gasteiger partial charge in [0.2, 0.25) is 5.91 Å². The van der Waals surface area contributed by atoms with Crippen LogP contribution in [0.1, 0.15) is 44.6 Å². The van der Waals surface area contributed by atoms with Crippen molar-refractivity contribution in [3.63, 3.8) is 0 Å². The third kappa shape index (κ3) is 3.97. The Labute approximate surface area is 124 Å². The van der Waals surface area contributed by atoms with Gasteiger partial charge in [0.15, 0.2) is 0 Å². The summed E-state index contributed by atoms with van der Waals surface area (Å²) in [6, 6.07) is 2.86. The molecule has 1 aromatic rings. The van der Waals surface area contributed by atoms with Gasteiger partial charge in [-0.15, -0.1) is 0 Å². The lowest BCUT2D eigenvalue weighted by Crippen LogP contribution is -2.43. The molecule has 1 aliphatic rings. The molecule has 1 heterocycles. The van der Waals surface area contributed by atoms with E-state index < -0.39 is 17.9 Å². The number of furan rings is 1. The smallest absolute Gasteiger partial charge is 0.326 e. The molecule has 1 aliphatic carbocycles. The average Bonchev–Trinajstić information content (AvgIpc) is 2.96. The van der Waals surface area contributed by atoms with Crippen LogP contribution in [0.25, 0.3) is 6.08 Å². The number of aliphatic carboxylic acids is 1. The molecule has 2 N–H and O–H groups in total. The number of carboxylic acid groups (broad SMARTS) is 1. The molecule has 1 fully saturated rings. The number of nitrogens with one attached hydrogen (secondary N) is 1. The van der Waals surface area contributed by atoms with E-state index in [0.29, 0.717) is 17.6 Å². The van der Waals surface area contributed by atoms with Gasteiger partial charge >= 0.3 is 5.97 Å². The van der Waals surface area contributed by atoms with Crippen molar-refractivity contribution in [2.75, 3.05) is 0 Å². The van der Waals surface area contributed by atoms with Crippen molar-refractivity contribution in [2.24, 2.45) is 11.8 Å². The number of hydrogen-bond donors (Lipinski definition) is 2. The Bertz CT molecular complexity index is 558. The fourth-order valence-electron chi connectivity index (χ4n) is 2.25. The SMILES string of the molecule is CC1CC1c1ccc(C=CC(=O)N[C@@H](C(=O)O)C(C)C)o1. The molecule has 1 saturated carbocycles. The molecule has 2 unspecified atom stereocenters. The van der Waals surface area contributed by atoms with Gasteiger partial charge in [-0.2, -0.15) is 0 Å². The third-order valence-corrected chi connectivity index (χ3v) is 3.75. The van der Waals surface area contributed by atoms with E-state index in [2.05, 4.69) is 12.2 Å². The number of carboxylic acids is 1. The van der Waals surface area contributed by atoms with Crippen LogP contribution in [0.3, 0.4) is 0 Å². The Morgan fingerprint density at radius 2 is 2.10 bits per heavy atom.